The molecule has 0 aliphatic heterocycles. The molecule has 8 nitrogen and oxygen atoms in total. The van der Waals surface area contributed by atoms with Gasteiger partial charge in [-0.15, -0.1) is 0 Å². The summed E-state index contributed by atoms with van der Waals surface area (Å²) >= 11 is 0. The largest absolute Gasteiger partial charge is 0.489 e. The fraction of sp³-hybridized carbons (Fsp3) is 0.286. The van der Waals surface area contributed by atoms with Crippen molar-refractivity contribution in [2.45, 2.75) is 19.4 Å². The Bertz CT molecular complexity index is 1380. The number of unbranched alkanes of at least 4 members (excludes halogenated alkanes) is 1. The molecule has 37 heavy (non-hydrogen) atoms. The normalized spacial score (nSPS) is 11.4. The minimum absolute atomic E-state index is 0.176. The van der Waals surface area contributed by atoms with Crippen LogP contribution in [0.1, 0.15) is 18.4 Å². The summed E-state index contributed by atoms with van der Waals surface area (Å²) in [5, 5.41) is 10.9. The maximum Gasteiger partial charge on any atom is 0.148 e. The summed E-state index contributed by atoms with van der Waals surface area (Å²) in [6, 6.07) is 24.0. The second-order valence-corrected chi connectivity index (χ2v) is 11.2. The van der Waals surface area contributed by atoms with Crippen LogP contribution in [-0.4, -0.2) is 50.0 Å². The van der Waals surface area contributed by atoms with E-state index in [1.165, 1.54) is 6.26 Å². The first-order valence-electron chi connectivity index (χ1n) is 12.4. The first kappa shape index (κ1) is 26.4. The first-order valence-corrected chi connectivity index (χ1v) is 14.4. The lowest BCUT2D eigenvalue weighted by molar-refractivity contribution is 0.306. The van der Waals surface area contributed by atoms with Crippen LogP contribution in [0, 0.1) is 0 Å². The van der Waals surface area contributed by atoms with Gasteiger partial charge in [0.25, 0.3) is 0 Å². The Hall–Kier alpha value is -3.69. The average molecular weight is 520 g/mol. The maximum absolute atomic E-state index is 11.1. The first-order chi connectivity index (χ1) is 18.0. The zero-order valence-corrected chi connectivity index (χ0v) is 21.8. The van der Waals surface area contributed by atoms with E-state index in [4.69, 9.17) is 4.74 Å². The van der Waals surface area contributed by atoms with Gasteiger partial charge in [-0.2, -0.15) is 0 Å². The smallest absolute Gasteiger partial charge is 0.148 e. The quantitative estimate of drug-likeness (QED) is 0.205. The number of aromatic nitrogens is 2. The number of hydrogen-bond acceptors (Lipinski definition) is 8. The van der Waals surface area contributed by atoms with Crippen molar-refractivity contribution in [3.05, 3.63) is 84.7 Å². The second kappa shape index (κ2) is 13.0. The third kappa shape index (κ3) is 8.73. The molecule has 4 rings (SSSR count). The molecule has 1 aromatic heterocycles. The zero-order chi connectivity index (χ0) is 25.9. The number of hydrogen-bond donors (Lipinski definition) is 3. The van der Waals surface area contributed by atoms with Crippen molar-refractivity contribution in [3.8, 4) is 5.75 Å². The Kier molecular flexibility index (Phi) is 9.29. The third-order valence-corrected chi connectivity index (χ3v) is 6.71. The Morgan fingerprint density at radius 1 is 0.838 bits per heavy atom. The minimum atomic E-state index is -2.90. The molecule has 0 unspecified atom stereocenters. The third-order valence-electron chi connectivity index (χ3n) is 5.76. The molecular formula is C28H33N5O3S. The molecule has 0 bridgehead atoms. The molecule has 3 N–H and O–H groups in total. The van der Waals surface area contributed by atoms with Crippen molar-refractivity contribution in [1.29, 1.82) is 0 Å². The molecule has 0 atom stereocenters. The number of benzene rings is 3. The summed E-state index contributed by atoms with van der Waals surface area (Å²) < 4.78 is 28.1. The van der Waals surface area contributed by atoms with Crippen LogP contribution >= 0.6 is 0 Å². The zero-order valence-electron chi connectivity index (χ0n) is 21.0. The SMILES string of the molecule is CS(=O)(=O)CCNCCCCNc1ccc2c(Nc3ccc(OCc4ccccc4)cc3)ncnc2c1. The molecule has 0 amide bonds. The number of fused-ring (bicyclic) bond motifs is 1. The number of nitrogens with one attached hydrogen (secondary N) is 3. The van der Waals surface area contributed by atoms with Crippen LogP contribution in [0.2, 0.25) is 0 Å². The van der Waals surface area contributed by atoms with Crippen LogP contribution < -0.4 is 20.7 Å². The van der Waals surface area contributed by atoms with E-state index in [-0.39, 0.29) is 5.75 Å². The summed E-state index contributed by atoms with van der Waals surface area (Å²) in [5.41, 5.74) is 3.90. The van der Waals surface area contributed by atoms with Gasteiger partial charge in [0.15, 0.2) is 0 Å². The van der Waals surface area contributed by atoms with Crippen molar-refractivity contribution in [2.75, 3.05) is 42.3 Å². The van der Waals surface area contributed by atoms with Crippen LogP contribution in [0.4, 0.5) is 17.2 Å². The van der Waals surface area contributed by atoms with E-state index in [1.807, 2.05) is 72.8 Å². The molecule has 9 heteroatoms. The highest BCUT2D eigenvalue weighted by Crippen LogP contribution is 2.26. The topological polar surface area (TPSA) is 105 Å². The Morgan fingerprint density at radius 2 is 1.59 bits per heavy atom. The van der Waals surface area contributed by atoms with E-state index in [2.05, 4.69) is 25.9 Å². The van der Waals surface area contributed by atoms with Crippen molar-refractivity contribution in [2.24, 2.45) is 0 Å². The molecule has 0 fully saturated rings. The lowest BCUT2D eigenvalue weighted by Crippen LogP contribution is -2.23. The van der Waals surface area contributed by atoms with Crippen molar-refractivity contribution in [1.82, 2.24) is 15.3 Å². The van der Waals surface area contributed by atoms with E-state index in [9.17, 15) is 8.42 Å². The Balaban J connectivity index is 1.26. The van der Waals surface area contributed by atoms with Gasteiger partial charge in [0.1, 0.15) is 34.3 Å². The Labute approximate surface area is 218 Å². The fourth-order valence-electron chi connectivity index (χ4n) is 3.77. The highest BCUT2D eigenvalue weighted by molar-refractivity contribution is 7.90. The average Bonchev–Trinajstić information content (AvgIpc) is 2.90. The summed E-state index contributed by atoms with van der Waals surface area (Å²) in [6.45, 7) is 2.66. The number of sulfone groups is 1. The van der Waals surface area contributed by atoms with Crippen LogP contribution in [0.5, 0.6) is 5.75 Å². The van der Waals surface area contributed by atoms with Gasteiger partial charge >= 0.3 is 0 Å². The molecule has 0 saturated heterocycles. The summed E-state index contributed by atoms with van der Waals surface area (Å²) in [4.78, 5) is 8.88. The van der Waals surface area contributed by atoms with E-state index < -0.39 is 9.84 Å². The van der Waals surface area contributed by atoms with Crippen LogP contribution in [0.25, 0.3) is 10.9 Å². The number of nitrogens with zero attached hydrogens (tertiary/aromatic N) is 2. The number of ether oxygens (including phenoxy) is 1. The fourth-order valence-corrected chi connectivity index (χ4v) is 4.28. The number of rotatable bonds is 14. The maximum atomic E-state index is 11.1. The molecule has 0 spiro atoms. The predicted molar refractivity (Wildman–Crippen MR) is 150 cm³/mol. The summed E-state index contributed by atoms with van der Waals surface area (Å²) in [6.07, 6.45) is 4.77. The van der Waals surface area contributed by atoms with Gasteiger partial charge in [0, 0.05) is 36.1 Å². The van der Waals surface area contributed by atoms with Gasteiger partial charge in [0.05, 0.1) is 11.3 Å². The molecule has 194 valence electrons. The molecule has 1 heterocycles. The molecule has 3 aromatic carbocycles. The van der Waals surface area contributed by atoms with E-state index >= 15 is 0 Å². The van der Waals surface area contributed by atoms with Gasteiger partial charge in [-0.05, 0) is 67.4 Å². The van der Waals surface area contributed by atoms with Crippen LogP contribution in [-0.2, 0) is 16.4 Å². The standard InChI is InChI=1S/C28H33N5O3S/c1-37(34,35)18-17-29-15-5-6-16-30-24-11-14-26-27(19-24)31-21-32-28(26)33-23-9-12-25(13-10-23)36-20-22-7-3-2-4-8-22/h2-4,7-14,19,21,29-30H,5-6,15-18,20H2,1H3,(H,31,32,33). The lowest BCUT2D eigenvalue weighted by Gasteiger charge is -2.11. The van der Waals surface area contributed by atoms with E-state index in [0.717, 1.165) is 65.3 Å². The molecule has 0 aliphatic carbocycles. The molecule has 4 aromatic rings. The monoisotopic (exact) mass is 519 g/mol. The summed E-state index contributed by atoms with van der Waals surface area (Å²) in [7, 11) is -2.90. The van der Waals surface area contributed by atoms with Crippen molar-refractivity contribution < 1.29 is 13.2 Å². The molecular weight excluding hydrogens is 486 g/mol. The van der Waals surface area contributed by atoms with E-state index in [0.29, 0.717) is 13.2 Å². The minimum Gasteiger partial charge on any atom is -0.489 e. The Morgan fingerprint density at radius 3 is 2.38 bits per heavy atom. The van der Waals surface area contributed by atoms with Crippen LogP contribution in [0.15, 0.2) is 79.1 Å². The highest BCUT2D eigenvalue weighted by atomic mass is 32.2. The van der Waals surface area contributed by atoms with Gasteiger partial charge in [-0.1, -0.05) is 30.3 Å². The van der Waals surface area contributed by atoms with Crippen LogP contribution in [0.3, 0.4) is 0 Å². The molecule has 0 radical (unpaired) electrons. The van der Waals surface area contributed by atoms with Crippen molar-refractivity contribution in [3.63, 3.8) is 0 Å². The highest BCUT2D eigenvalue weighted by Gasteiger charge is 2.06. The van der Waals surface area contributed by atoms with Gasteiger partial charge in [-0.3, -0.25) is 0 Å². The summed E-state index contributed by atoms with van der Waals surface area (Å²) in [5.74, 6) is 1.73. The number of anilines is 3. The van der Waals surface area contributed by atoms with Gasteiger partial charge in [0.2, 0.25) is 0 Å². The lowest BCUT2D eigenvalue weighted by atomic mass is 10.2. The van der Waals surface area contributed by atoms with Gasteiger partial charge < -0.3 is 20.7 Å². The van der Waals surface area contributed by atoms with Crippen molar-refractivity contribution >= 4 is 37.9 Å². The predicted octanol–water partition coefficient (Wildman–Crippen LogP) is 4.78. The van der Waals surface area contributed by atoms with Gasteiger partial charge in [-0.25, -0.2) is 18.4 Å². The van der Waals surface area contributed by atoms with E-state index in [1.54, 1.807) is 6.33 Å². The molecule has 0 aliphatic rings. The molecule has 0 saturated carbocycles. The second-order valence-electron chi connectivity index (χ2n) is 8.89.